The molecule has 116 valence electrons. The van der Waals surface area contributed by atoms with Crippen molar-refractivity contribution < 1.29 is 26.7 Å². The molecule has 0 heterocycles. The molecule has 0 fully saturated rings. The zero-order chi connectivity index (χ0) is 16.1. The summed E-state index contributed by atoms with van der Waals surface area (Å²) in [6.45, 7) is -1.03. The van der Waals surface area contributed by atoms with Crippen molar-refractivity contribution in [3.8, 4) is 11.8 Å². The van der Waals surface area contributed by atoms with Gasteiger partial charge in [0, 0.05) is 12.1 Å². The lowest BCUT2D eigenvalue weighted by Gasteiger charge is -2.22. The molecule has 0 radical (unpaired) electrons. The van der Waals surface area contributed by atoms with Gasteiger partial charge >= 0.3 is 6.18 Å². The van der Waals surface area contributed by atoms with Crippen LogP contribution in [-0.2, 0) is 10.0 Å². The van der Waals surface area contributed by atoms with Crippen LogP contribution in [0.15, 0.2) is 29.2 Å². The van der Waals surface area contributed by atoms with Crippen molar-refractivity contribution in [1.29, 1.82) is 0 Å². The van der Waals surface area contributed by atoms with E-state index in [9.17, 15) is 21.6 Å². The van der Waals surface area contributed by atoms with Gasteiger partial charge in [-0.3, -0.25) is 0 Å². The average molecular weight is 321 g/mol. The Morgan fingerprint density at radius 1 is 1.29 bits per heavy atom. The van der Waals surface area contributed by atoms with Crippen LogP contribution in [0.3, 0.4) is 0 Å². The Hall–Kier alpha value is -1.56. The van der Waals surface area contributed by atoms with E-state index in [1.807, 2.05) is 0 Å². The molecular weight excluding hydrogens is 307 g/mol. The van der Waals surface area contributed by atoms with Crippen LogP contribution in [0.5, 0.6) is 0 Å². The molecule has 0 saturated heterocycles. The maximum absolute atomic E-state index is 12.5. The second-order valence-corrected chi connectivity index (χ2v) is 5.91. The van der Waals surface area contributed by atoms with E-state index in [-0.39, 0.29) is 17.0 Å². The molecule has 0 saturated carbocycles. The highest BCUT2D eigenvalue weighted by atomic mass is 32.2. The fourth-order valence-corrected chi connectivity index (χ4v) is 3.22. The maximum atomic E-state index is 12.5. The largest absolute Gasteiger partial charge is 0.402 e. The lowest BCUT2D eigenvalue weighted by Crippen LogP contribution is -2.39. The Labute approximate surface area is 121 Å². The number of halogens is 3. The zero-order valence-electron chi connectivity index (χ0n) is 11.2. The Balaban J connectivity index is 3.29. The van der Waals surface area contributed by atoms with Crippen LogP contribution in [0.1, 0.15) is 12.5 Å². The SMILES string of the molecule is CCN(CC(F)(F)F)S(=O)(=O)c1ccccc1C#CCO. The summed E-state index contributed by atoms with van der Waals surface area (Å²) in [6, 6.07) is 5.48. The summed E-state index contributed by atoms with van der Waals surface area (Å²) < 4.78 is 62.4. The Morgan fingerprint density at radius 3 is 2.43 bits per heavy atom. The first-order chi connectivity index (χ1) is 9.72. The molecule has 0 aromatic heterocycles. The fraction of sp³-hybridized carbons (Fsp3) is 0.385. The second kappa shape index (κ2) is 6.93. The molecule has 4 nitrogen and oxygen atoms in total. The van der Waals surface area contributed by atoms with Gasteiger partial charge in [-0.1, -0.05) is 30.9 Å². The lowest BCUT2D eigenvalue weighted by molar-refractivity contribution is -0.135. The molecule has 0 amide bonds. The van der Waals surface area contributed by atoms with Gasteiger partial charge in [-0.05, 0) is 12.1 Å². The summed E-state index contributed by atoms with van der Waals surface area (Å²) >= 11 is 0. The predicted molar refractivity (Wildman–Crippen MR) is 70.9 cm³/mol. The highest BCUT2D eigenvalue weighted by Crippen LogP contribution is 2.24. The van der Waals surface area contributed by atoms with Gasteiger partial charge in [0.2, 0.25) is 10.0 Å². The molecule has 0 aliphatic heterocycles. The van der Waals surface area contributed by atoms with E-state index >= 15 is 0 Å². The first kappa shape index (κ1) is 17.5. The number of hydrogen-bond acceptors (Lipinski definition) is 3. The summed E-state index contributed by atoms with van der Waals surface area (Å²) in [5.41, 5.74) is 0.0483. The van der Waals surface area contributed by atoms with Crippen molar-refractivity contribution in [1.82, 2.24) is 4.31 Å². The number of sulfonamides is 1. The second-order valence-electron chi connectivity index (χ2n) is 4.00. The minimum atomic E-state index is -4.63. The maximum Gasteiger partial charge on any atom is 0.402 e. The van der Waals surface area contributed by atoms with Crippen molar-refractivity contribution in [3.05, 3.63) is 29.8 Å². The number of aliphatic hydroxyl groups is 1. The Bertz CT molecular complexity index is 645. The highest BCUT2D eigenvalue weighted by molar-refractivity contribution is 7.89. The number of hydrogen-bond donors (Lipinski definition) is 1. The quantitative estimate of drug-likeness (QED) is 0.857. The molecule has 0 unspecified atom stereocenters. The van der Waals surface area contributed by atoms with E-state index in [0.717, 1.165) is 0 Å². The Morgan fingerprint density at radius 2 is 1.90 bits per heavy atom. The third-order valence-electron chi connectivity index (χ3n) is 2.52. The molecule has 1 aromatic rings. The molecular formula is C13H14F3NO3S. The van der Waals surface area contributed by atoms with E-state index in [0.29, 0.717) is 4.31 Å². The summed E-state index contributed by atoms with van der Waals surface area (Å²) in [7, 11) is -4.32. The van der Waals surface area contributed by atoms with E-state index in [4.69, 9.17) is 5.11 Å². The highest BCUT2D eigenvalue weighted by Gasteiger charge is 2.36. The number of aliphatic hydroxyl groups excluding tert-OH is 1. The van der Waals surface area contributed by atoms with Crippen molar-refractivity contribution in [2.24, 2.45) is 0 Å². The molecule has 0 atom stereocenters. The van der Waals surface area contributed by atoms with Gasteiger partial charge in [-0.25, -0.2) is 8.42 Å². The van der Waals surface area contributed by atoms with Gasteiger partial charge in [-0.15, -0.1) is 0 Å². The van der Waals surface area contributed by atoms with Crippen LogP contribution in [0.4, 0.5) is 13.2 Å². The monoisotopic (exact) mass is 321 g/mol. The summed E-state index contributed by atoms with van der Waals surface area (Å²) in [5.74, 6) is 4.71. The summed E-state index contributed by atoms with van der Waals surface area (Å²) in [6.07, 6.45) is -4.63. The minimum absolute atomic E-state index is 0.0483. The number of alkyl halides is 3. The Kier molecular flexibility index (Phi) is 5.78. The summed E-state index contributed by atoms with van der Waals surface area (Å²) in [4.78, 5) is -0.308. The predicted octanol–water partition coefficient (Wildman–Crippen LogP) is 1.60. The van der Waals surface area contributed by atoms with E-state index < -0.39 is 29.4 Å². The third-order valence-corrected chi connectivity index (χ3v) is 4.49. The topological polar surface area (TPSA) is 57.6 Å². The molecule has 0 aliphatic carbocycles. The van der Waals surface area contributed by atoms with Crippen molar-refractivity contribution in [2.45, 2.75) is 18.0 Å². The van der Waals surface area contributed by atoms with Gasteiger partial charge in [-0.2, -0.15) is 17.5 Å². The summed E-state index contributed by atoms with van der Waals surface area (Å²) in [5, 5.41) is 8.65. The van der Waals surface area contributed by atoms with Crippen molar-refractivity contribution in [3.63, 3.8) is 0 Å². The standard InChI is InChI=1S/C13H14F3NO3S/c1-2-17(10-13(14,15)16)21(19,20)12-8-4-3-6-11(12)7-5-9-18/h3-4,6,8,18H,2,9-10H2,1H3. The van der Waals surface area contributed by atoms with Crippen molar-refractivity contribution in [2.75, 3.05) is 19.7 Å². The number of rotatable bonds is 4. The fourth-order valence-electron chi connectivity index (χ4n) is 1.64. The van der Waals surface area contributed by atoms with Crippen LogP contribution in [-0.4, -0.2) is 43.7 Å². The van der Waals surface area contributed by atoms with Gasteiger partial charge in [0.25, 0.3) is 0 Å². The molecule has 8 heteroatoms. The third kappa shape index (κ3) is 4.74. The van der Waals surface area contributed by atoms with E-state index in [1.165, 1.54) is 31.2 Å². The van der Waals surface area contributed by atoms with Crippen LogP contribution in [0, 0.1) is 11.8 Å². The number of nitrogens with zero attached hydrogens (tertiary/aromatic N) is 1. The first-order valence-electron chi connectivity index (χ1n) is 5.98. The van der Waals surface area contributed by atoms with Crippen LogP contribution >= 0.6 is 0 Å². The van der Waals surface area contributed by atoms with E-state index in [1.54, 1.807) is 0 Å². The lowest BCUT2D eigenvalue weighted by atomic mass is 10.2. The van der Waals surface area contributed by atoms with Crippen LogP contribution < -0.4 is 0 Å². The zero-order valence-corrected chi connectivity index (χ0v) is 12.0. The van der Waals surface area contributed by atoms with Gasteiger partial charge in [0.05, 0.1) is 4.90 Å². The van der Waals surface area contributed by atoms with Gasteiger partial charge < -0.3 is 5.11 Å². The van der Waals surface area contributed by atoms with E-state index in [2.05, 4.69) is 11.8 Å². The van der Waals surface area contributed by atoms with Gasteiger partial charge in [0.1, 0.15) is 13.2 Å². The average Bonchev–Trinajstić information content (AvgIpc) is 2.41. The molecule has 21 heavy (non-hydrogen) atoms. The van der Waals surface area contributed by atoms with Crippen molar-refractivity contribution >= 4 is 10.0 Å². The normalized spacial score (nSPS) is 12.1. The molecule has 0 spiro atoms. The molecule has 1 aromatic carbocycles. The van der Waals surface area contributed by atoms with Crippen LogP contribution in [0.25, 0.3) is 0 Å². The smallest absolute Gasteiger partial charge is 0.384 e. The van der Waals surface area contributed by atoms with Gasteiger partial charge in [0.15, 0.2) is 0 Å². The molecule has 0 aliphatic rings. The molecule has 0 bridgehead atoms. The minimum Gasteiger partial charge on any atom is -0.384 e. The first-order valence-corrected chi connectivity index (χ1v) is 7.42. The molecule has 1 rings (SSSR count). The number of benzene rings is 1. The molecule has 1 N–H and O–H groups in total. The van der Waals surface area contributed by atoms with Crippen LogP contribution in [0.2, 0.25) is 0 Å².